The van der Waals surface area contributed by atoms with Crippen LogP contribution in [0.3, 0.4) is 0 Å². The Labute approximate surface area is 187 Å². The van der Waals surface area contributed by atoms with Gasteiger partial charge in [-0.1, -0.05) is 0 Å². The van der Waals surface area contributed by atoms with Crippen molar-refractivity contribution >= 4 is 32.3 Å². The van der Waals surface area contributed by atoms with Crippen LogP contribution in [0.1, 0.15) is 34.2 Å². The molecule has 0 bridgehead atoms. The Morgan fingerprint density at radius 2 is 0.966 bits per heavy atom. The predicted octanol–water partition coefficient (Wildman–Crippen LogP) is 2.20. The summed E-state index contributed by atoms with van der Waals surface area (Å²) in [6.45, 7) is 18.7. The van der Waals surface area contributed by atoms with Crippen LogP contribution in [0.25, 0.3) is 0 Å². The van der Waals surface area contributed by atoms with Crippen molar-refractivity contribution in [3.63, 3.8) is 0 Å². The second kappa shape index (κ2) is 13.1. The van der Waals surface area contributed by atoms with E-state index in [4.69, 9.17) is 21.2 Å². The molecule has 3 aromatic heterocycles. The molecule has 0 aliphatic rings. The molecule has 3 aromatic rings. The zero-order valence-electron chi connectivity index (χ0n) is 17.3. The topological polar surface area (TPSA) is 87.6 Å². The molecule has 8 nitrogen and oxygen atoms in total. The number of hydrogen-bond acceptors (Lipinski definition) is 5. The average molecular weight is 498 g/mol. The normalized spacial score (nSPS) is 9.34. The first-order valence-electron chi connectivity index (χ1n) is 8.31. The average Bonchev–Trinajstić information content (AvgIpc) is 3.30. The van der Waals surface area contributed by atoms with Crippen molar-refractivity contribution in [2.24, 2.45) is 0 Å². The molecule has 3 heterocycles. The van der Waals surface area contributed by atoms with Crippen molar-refractivity contribution in [2.45, 2.75) is 41.5 Å². The Hall–Kier alpha value is -2.21. The first kappa shape index (κ1) is 26.8. The third-order valence-electron chi connectivity index (χ3n) is 3.79. The molecule has 0 aliphatic carbocycles. The molecule has 156 valence electrons. The van der Waals surface area contributed by atoms with Gasteiger partial charge in [-0.05, 0) is 76.8 Å². The van der Waals surface area contributed by atoms with Gasteiger partial charge in [0, 0.05) is 0 Å². The van der Waals surface area contributed by atoms with Gasteiger partial charge >= 0.3 is 34.4 Å². The molecule has 0 saturated heterocycles. The van der Waals surface area contributed by atoms with Crippen LogP contribution >= 0.6 is 11.6 Å². The first-order chi connectivity index (χ1) is 13.8. The zero-order chi connectivity index (χ0) is 22.7. The summed E-state index contributed by atoms with van der Waals surface area (Å²) in [6, 6.07) is 6.22. The summed E-state index contributed by atoms with van der Waals surface area (Å²) in [5, 5.41) is 14.0. The van der Waals surface area contributed by atoms with Crippen molar-refractivity contribution in [1.29, 1.82) is 0 Å². The monoisotopic (exact) mass is 499 g/mol. The molecule has 0 atom stereocenters. The molecule has 0 spiro atoms. The number of carbonyl (C=O) groups excluding carboxylic acids is 2. The van der Waals surface area contributed by atoms with Crippen LogP contribution in [-0.2, 0) is 28.7 Å². The van der Waals surface area contributed by atoms with E-state index in [1.807, 2.05) is 34.5 Å². The van der Waals surface area contributed by atoms with E-state index in [0.717, 1.165) is 34.2 Å². The van der Waals surface area contributed by atoms with Gasteiger partial charge in [-0.15, -0.1) is 0 Å². The molecule has 0 N–H and O–H groups in total. The fourth-order valence-corrected chi connectivity index (χ4v) is 2.95. The molecule has 0 aliphatic heterocycles. The van der Waals surface area contributed by atoms with E-state index >= 15 is 0 Å². The minimum absolute atomic E-state index is 0.226. The Morgan fingerprint density at radius 3 is 1.10 bits per heavy atom. The summed E-state index contributed by atoms with van der Waals surface area (Å²) in [7, 11) is -0.226. The third kappa shape index (κ3) is 6.96. The summed E-state index contributed by atoms with van der Waals surface area (Å²) in [5.41, 5.74) is 6.23. The van der Waals surface area contributed by atoms with E-state index in [9.17, 15) is 0 Å². The minimum Gasteiger partial charge on any atom is -0.545 e. The largest absolute Gasteiger partial charge is 0.545 e. The Kier molecular flexibility index (Phi) is 12.1. The SMILES string of the molecule is Cc1cc(C)n([B-](n2nc(C)cc2C)n2nc(C)cc2C)n1.Cl[C]#[Mo].[CH-]=O.[CH-]=O. The number of halogens is 1. The van der Waals surface area contributed by atoms with Gasteiger partial charge < -0.3 is 23.4 Å². The van der Waals surface area contributed by atoms with Gasteiger partial charge in [0.15, 0.2) is 0 Å². The predicted molar refractivity (Wildman–Crippen MR) is 110 cm³/mol. The first-order valence-corrected chi connectivity index (χ1v) is 9.69. The molecule has 0 fully saturated rings. The van der Waals surface area contributed by atoms with Crippen LogP contribution in [0, 0.1) is 45.2 Å². The fraction of sp³-hybridized carbons (Fsp3) is 0.333. The van der Waals surface area contributed by atoms with Gasteiger partial charge in [-0.3, -0.25) is 13.6 Å². The quantitative estimate of drug-likeness (QED) is 0.315. The summed E-state index contributed by atoms with van der Waals surface area (Å²) in [4.78, 5) is 15.5. The van der Waals surface area contributed by atoms with Crippen molar-refractivity contribution in [2.75, 3.05) is 0 Å². The van der Waals surface area contributed by atoms with E-state index in [1.165, 1.54) is 0 Å². The molecule has 0 saturated carbocycles. The molecule has 3 rings (SSSR count). The number of aromatic nitrogens is 6. The minimum atomic E-state index is -0.226. The van der Waals surface area contributed by atoms with Crippen LogP contribution < -0.4 is 0 Å². The van der Waals surface area contributed by atoms with Crippen LogP contribution in [0.4, 0.5) is 0 Å². The summed E-state index contributed by atoms with van der Waals surface area (Å²) < 4.78 is 8.17. The van der Waals surface area contributed by atoms with Gasteiger partial charge in [-0.25, -0.2) is 15.3 Å². The Morgan fingerprint density at radius 1 is 0.759 bits per heavy atom. The molecule has 29 heavy (non-hydrogen) atoms. The van der Waals surface area contributed by atoms with Crippen LogP contribution in [-0.4, -0.2) is 49.8 Å². The van der Waals surface area contributed by atoms with Crippen LogP contribution in [0.5, 0.6) is 0 Å². The van der Waals surface area contributed by atoms with Crippen molar-refractivity contribution in [1.82, 2.24) is 29.1 Å². The smallest absolute Gasteiger partial charge is 0.282 e. The number of rotatable bonds is 3. The standard InChI is InChI=1S/C15H21BN6.CCl.2CHO.Mo/c1-10-7-13(4)20(17-10)16(21-14(5)8-11(2)18-21)22-15(6)9-12(3)19-22;3*1-2;/h7-9H,1-6H3;;2*1H;/q-1;;2*-1;. The van der Waals surface area contributed by atoms with E-state index in [2.05, 4.69) is 71.5 Å². The maximum atomic E-state index is 7.75. The summed E-state index contributed by atoms with van der Waals surface area (Å²) in [5.74, 6) is 0. The van der Waals surface area contributed by atoms with Crippen LogP contribution in [0.2, 0.25) is 0 Å². The Bertz CT molecular complexity index is 850. The van der Waals surface area contributed by atoms with Crippen molar-refractivity contribution < 1.29 is 28.7 Å². The van der Waals surface area contributed by atoms with Crippen molar-refractivity contribution in [3.05, 3.63) is 52.4 Å². The van der Waals surface area contributed by atoms with Gasteiger partial charge in [0.25, 0.3) is 7.12 Å². The second-order valence-corrected chi connectivity index (χ2v) is 7.33. The van der Waals surface area contributed by atoms with E-state index < -0.39 is 0 Å². The van der Waals surface area contributed by atoms with Gasteiger partial charge in [0.1, 0.15) is 0 Å². The van der Waals surface area contributed by atoms with Gasteiger partial charge in [-0.2, -0.15) is 0 Å². The summed E-state index contributed by atoms with van der Waals surface area (Å²) >= 11 is 6.34. The molecule has 0 unspecified atom stereocenters. The molecule has 1 radical (unpaired) electrons. The summed E-state index contributed by atoms with van der Waals surface area (Å²) in [6.07, 6.45) is 0. The van der Waals surface area contributed by atoms with E-state index in [1.54, 1.807) is 19.2 Å². The van der Waals surface area contributed by atoms with Crippen LogP contribution in [0.15, 0.2) is 18.2 Å². The van der Waals surface area contributed by atoms with Gasteiger partial charge in [0.05, 0.1) is 17.1 Å². The number of hydrogen-bond donors (Lipinski definition) is 0. The zero-order valence-corrected chi connectivity index (χ0v) is 20.0. The third-order valence-corrected chi connectivity index (χ3v) is 3.79. The fourth-order valence-electron chi connectivity index (χ4n) is 2.95. The molecule has 0 amide bonds. The molecular weight excluding hydrogens is 474 g/mol. The van der Waals surface area contributed by atoms with Gasteiger partial charge in [0.2, 0.25) is 0 Å². The number of aryl methyl sites for hydroxylation is 6. The number of nitrogens with zero attached hydrogens (tertiary/aromatic N) is 6. The Balaban J connectivity index is 0.00000100. The van der Waals surface area contributed by atoms with E-state index in [-0.39, 0.29) is 7.12 Å². The maximum absolute atomic E-state index is 7.75. The second-order valence-electron chi connectivity index (χ2n) is 6.04. The molecule has 11 heteroatoms. The van der Waals surface area contributed by atoms with Crippen molar-refractivity contribution in [3.8, 4) is 3.66 Å². The maximum Gasteiger partial charge on any atom is -0.282 e. The molecule has 0 aromatic carbocycles. The van der Waals surface area contributed by atoms with E-state index in [0.29, 0.717) is 0 Å². The molecular formula is C18H23BClMoN6O2-3.